The second-order valence-electron chi connectivity index (χ2n) is 5.43. The van der Waals surface area contributed by atoms with Crippen molar-refractivity contribution in [2.75, 3.05) is 10.6 Å². The highest BCUT2D eigenvalue weighted by atomic mass is 32.2. The van der Waals surface area contributed by atoms with E-state index in [1.807, 2.05) is 26.0 Å². The summed E-state index contributed by atoms with van der Waals surface area (Å²) in [4.78, 5) is 12.6. The van der Waals surface area contributed by atoms with E-state index in [2.05, 4.69) is 15.4 Å². The van der Waals surface area contributed by atoms with E-state index in [4.69, 9.17) is 0 Å². The molecular formula is C16H17N3O3S. The Bertz CT molecular complexity index is 878. The van der Waals surface area contributed by atoms with E-state index in [-0.39, 0.29) is 4.90 Å². The lowest BCUT2D eigenvalue weighted by Crippen LogP contribution is -2.51. The summed E-state index contributed by atoms with van der Waals surface area (Å²) in [5.74, 6) is -0.461. The van der Waals surface area contributed by atoms with Crippen LogP contribution in [-0.2, 0) is 14.8 Å². The lowest BCUT2D eigenvalue weighted by molar-refractivity contribution is -0.117. The lowest BCUT2D eigenvalue weighted by Gasteiger charge is -2.27. The maximum atomic E-state index is 12.4. The van der Waals surface area contributed by atoms with Crippen molar-refractivity contribution in [1.29, 1.82) is 0 Å². The van der Waals surface area contributed by atoms with Crippen LogP contribution in [0.5, 0.6) is 0 Å². The Labute approximate surface area is 135 Å². The Morgan fingerprint density at radius 1 is 1.09 bits per heavy atom. The molecule has 0 spiro atoms. The summed E-state index contributed by atoms with van der Waals surface area (Å²) in [6.45, 7) is 3.85. The molecular weight excluding hydrogens is 314 g/mol. The Morgan fingerprint density at radius 2 is 1.83 bits per heavy atom. The van der Waals surface area contributed by atoms with Crippen LogP contribution < -0.4 is 15.4 Å². The second-order valence-corrected chi connectivity index (χ2v) is 7.11. The normalized spacial score (nSPS) is 18.6. The molecule has 23 heavy (non-hydrogen) atoms. The summed E-state index contributed by atoms with van der Waals surface area (Å²) in [5, 5.41) is 5.67. The van der Waals surface area contributed by atoms with Gasteiger partial charge < -0.3 is 10.6 Å². The van der Waals surface area contributed by atoms with Crippen LogP contribution in [0.4, 0.5) is 11.4 Å². The molecule has 0 radical (unpaired) electrons. The molecule has 2 aromatic carbocycles. The maximum Gasteiger partial charge on any atom is 0.262 e. The third-order valence-electron chi connectivity index (χ3n) is 3.87. The number of nitrogens with one attached hydrogen (secondary N) is 3. The van der Waals surface area contributed by atoms with Crippen LogP contribution in [0.1, 0.15) is 11.1 Å². The number of carbonyl (C=O) groups is 1. The molecule has 1 aliphatic heterocycles. The Kier molecular flexibility index (Phi) is 3.83. The molecule has 0 aromatic heterocycles. The fourth-order valence-corrected chi connectivity index (χ4v) is 3.71. The average molecular weight is 331 g/mol. The number of fused-ring (bicyclic) bond motifs is 1. The SMILES string of the molecule is Cc1cccc(NC(=O)C2Nc3ccccc3S(=O)(=O)N2)c1C. The predicted octanol–water partition coefficient (Wildman–Crippen LogP) is 1.97. The minimum Gasteiger partial charge on any atom is -0.360 e. The van der Waals surface area contributed by atoms with Gasteiger partial charge in [0.2, 0.25) is 10.0 Å². The number of anilines is 2. The second kappa shape index (κ2) is 5.68. The number of hydrogen-bond donors (Lipinski definition) is 3. The Morgan fingerprint density at radius 3 is 2.61 bits per heavy atom. The molecule has 0 saturated carbocycles. The number of aryl methyl sites for hydroxylation is 1. The van der Waals surface area contributed by atoms with Gasteiger partial charge in [-0.2, -0.15) is 4.72 Å². The predicted molar refractivity (Wildman–Crippen MR) is 88.7 cm³/mol. The van der Waals surface area contributed by atoms with Crippen molar-refractivity contribution in [3.8, 4) is 0 Å². The molecule has 6 nitrogen and oxygen atoms in total. The van der Waals surface area contributed by atoms with Crippen LogP contribution >= 0.6 is 0 Å². The summed E-state index contributed by atoms with van der Waals surface area (Å²) in [6, 6.07) is 12.0. The first-order valence-corrected chi connectivity index (χ1v) is 8.62. The van der Waals surface area contributed by atoms with Gasteiger partial charge in [0.1, 0.15) is 4.90 Å². The minimum atomic E-state index is -3.72. The third-order valence-corrected chi connectivity index (χ3v) is 5.36. The summed E-state index contributed by atoms with van der Waals surface area (Å²) < 4.78 is 26.8. The van der Waals surface area contributed by atoms with Crippen LogP contribution in [-0.4, -0.2) is 20.5 Å². The van der Waals surface area contributed by atoms with Gasteiger partial charge in [0.25, 0.3) is 5.91 Å². The van der Waals surface area contributed by atoms with E-state index in [0.29, 0.717) is 11.4 Å². The van der Waals surface area contributed by atoms with E-state index in [1.165, 1.54) is 6.07 Å². The molecule has 1 heterocycles. The molecule has 2 aromatic rings. The van der Waals surface area contributed by atoms with Crippen LogP contribution in [0.15, 0.2) is 47.4 Å². The third kappa shape index (κ3) is 2.93. The molecule has 3 N–H and O–H groups in total. The average Bonchev–Trinajstić information content (AvgIpc) is 2.51. The molecule has 120 valence electrons. The number of amides is 1. The molecule has 7 heteroatoms. The first kappa shape index (κ1) is 15.5. The van der Waals surface area contributed by atoms with Crippen LogP contribution in [0, 0.1) is 13.8 Å². The highest BCUT2D eigenvalue weighted by Crippen LogP contribution is 2.26. The van der Waals surface area contributed by atoms with Crippen molar-refractivity contribution in [3.05, 3.63) is 53.6 Å². The zero-order valence-corrected chi connectivity index (χ0v) is 13.6. The van der Waals surface area contributed by atoms with E-state index < -0.39 is 22.1 Å². The maximum absolute atomic E-state index is 12.4. The van der Waals surface area contributed by atoms with Gasteiger partial charge in [-0.3, -0.25) is 4.79 Å². The van der Waals surface area contributed by atoms with Gasteiger partial charge in [0.15, 0.2) is 6.17 Å². The quantitative estimate of drug-likeness (QED) is 0.785. The molecule has 1 aliphatic rings. The Hall–Kier alpha value is -2.38. The number of para-hydroxylation sites is 1. The van der Waals surface area contributed by atoms with E-state index >= 15 is 0 Å². The molecule has 1 atom stereocenters. The Balaban J connectivity index is 1.86. The molecule has 3 rings (SSSR count). The fraction of sp³-hybridized carbons (Fsp3) is 0.188. The van der Waals surface area contributed by atoms with E-state index in [0.717, 1.165) is 11.1 Å². The summed E-state index contributed by atoms with van der Waals surface area (Å²) >= 11 is 0. The highest BCUT2D eigenvalue weighted by Gasteiger charge is 2.32. The number of hydrogen-bond acceptors (Lipinski definition) is 4. The number of benzene rings is 2. The van der Waals surface area contributed by atoms with Crippen molar-refractivity contribution in [2.45, 2.75) is 24.9 Å². The summed E-state index contributed by atoms with van der Waals surface area (Å²) in [6.07, 6.45) is -1.06. The van der Waals surface area contributed by atoms with Crippen molar-refractivity contribution in [2.24, 2.45) is 0 Å². The molecule has 1 unspecified atom stereocenters. The fourth-order valence-electron chi connectivity index (χ4n) is 2.43. The lowest BCUT2D eigenvalue weighted by atomic mass is 10.1. The highest BCUT2D eigenvalue weighted by molar-refractivity contribution is 7.89. The van der Waals surface area contributed by atoms with Crippen LogP contribution in [0.25, 0.3) is 0 Å². The van der Waals surface area contributed by atoms with Crippen molar-refractivity contribution < 1.29 is 13.2 Å². The number of rotatable bonds is 2. The van der Waals surface area contributed by atoms with Crippen molar-refractivity contribution in [1.82, 2.24) is 4.72 Å². The monoisotopic (exact) mass is 331 g/mol. The first-order valence-electron chi connectivity index (χ1n) is 7.13. The largest absolute Gasteiger partial charge is 0.360 e. The van der Waals surface area contributed by atoms with E-state index in [1.54, 1.807) is 24.3 Å². The van der Waals surface area contributed by atoms with Gasteiger partial charge in [-0.1, -0.05) is 24.3 Å². The first-order chi connectivity index (χ1) is 10.9. The summed E-state index contributed by atoms with van der Waals surface area (Å²) in [7, 11) is -3.72. The number of carbonyl (C=O) groups excluding carboxylic acids is 1. The van der Waals surface area contributed by atoms with Gasteiger partial charge in [0, 0.05) is 5.69 Å². The smallest absolute Gasteiger partial charge is 0.262 e. The standard InChI is InChI=1S/C16H17N3O3S/c1-10-6-5-8-12(11(10)2)18-16(20)15-17-13-7-3-4-9-14(13)23(21,22)19-15/h3-9,15,17,19H,1-2H3,(H,18,20). The van der Waals surface area contributed by atoms with Gasteiger partial charge in [0.05, 0.1) is 5.69 Å². The van der Waals surface area contributed by atoms with Gasteiger partial charge >= 0.3 is 0 Å². The summed E-state index contributed by atoms with van der Waals surface area (Å²) in [5.41, 5.74) is 3.06. The van der Waals surface area contributed by atoms with Gasteiger partial charge in [-0.25, -0.2) is 8.42 Å². The molecule has 0 aliphatic carbocycles. The zero-order chi connectivity index (χ0) is 16.6. The minimum absolute atomic E-state index is 0.135. The van der Waals surface area contributed by atoms with Crippen molar-refractivity contribution in [3.63, 3.8) is 0 Å². The van der Waals surface area contributed by atoms with Crippen molar-refractivity contribution >= 4 is 27.3 Å². The van der Waals surface area contributed by atoms with Crippen LogP contribution in [0.2, 0.25) is 0 Å². The topological polar surface area (TPSA) is 87.3 Å². The molecule has 0 saturated heterocycles. The molecule has 0 fully saturated rings. The van der Waals surface area contributed by atoms with Gasteiger partial charge in [-0.15, -0.1) is 0 Å². The molecule has 1 amide bonds. The molecule has 0 bridgehead atoms. The van der Waals surface area contributed by atoms with E-state index in [9.17, 15) is 13.2 Å². The number of sulfonamides is 1. The van der Waals surface area contributed by atoms with Gasteiger partial charge in [-0.05, 0) is 43.2 Å². The zero-order valence-electron chi connectivity index (χ0n) is 12.8. The van der Waals surface area contributed by atoms with Crippen LogP contribution in [0.3, 0.4) is 0 Å².